The zero-order chi connectivity index (χ0) is 37.4. The summed E-state index contributed by atoms with van der Waals surface area (Å²) in [6, 6.07) is 25.2. The SMILES string of the molecule is COc1ccc(C(OC[C@@H]2O[C@H](n3ccc(=O)n(P(=O)(O)O)c3=O)C(O[Si](C)(C)C(C)(C)C)C2O)(c2ccccc2)c2ccc(OC)cc2)cc1. The predicted octanol–water partition coefficient (Wildman–Crippen LogP) is 4.63. The molecule has 2 heterocycles. The Hall–Kier alpha value is -3.85. The van der Waals surface area contributed by atoms with Gasteiger partial charge in [-0.15, -0.1) is 0 Å². The molecule has 51 heavy (non-hydrogen) atoms. The summed E-state index contributed by atoms with van der Waals surface area (Å²) in [5.74, 6) is 1.28. The predicted molar refractivity (Wildman–Crippen MR) is 193 cm³/mol. The van der Waals surface area contributed by atoms with E-state index < -0.39 is 57.5 Å². The summed E-state index contributed by atoms with van der Waals surface area (Å²) in [6.07, 6.45) is -3.93. The summed E-state index contributed by atoms with van der Waals surface area (Å²) in [5, 5.41) is 11.6. The first-order valence-electron chi connectivity index (χ1n) is 16.3. The molecule has 0 saturated carbocycles. The van der Waals surface area contributed by atoms with Gasteiger partial charge in [0.2, 0.25) is 0 Å². The van der Waals surface area contributed by atoms with Crippen LogP contribution < -0.4 is 20.7 Å². The average molecular weight is 741 g/mol. The number of rotatable bonds is 12. The second kappa shape index (κ2) is 14.6. The normalized spacial score (nSPS) is 20.0. The number of ether oxygens (including phenoxy) is 4. The van der Waals surface area contributed by atoms with Crippen LogP contribution in [0, 0.1) is 0 Å². The Labute approximate surface area is 297 Å². The van der Waals surface area contributed by atoms with E-state index in [0.29, 0.717) is 11.5 Å². The van der Waals surface area contributed by atoms with Crippen LogP contribution >= 0.6 is 7.75 Å². The summed E-state index contributed by atoms with van der Waals surface area (Å²) in [7, 11) is -4.87. The van der Waals surface area contributed by atoms with Gasteiger partial charge in [0.25, 0.3) is 5.56 Å². The molecule has 0 spiro atoms. The Kier molecular flexibility index (Phi) is 11.0. The zero-order valence-corrected chi connectivity index (χ0v) is 31.5. The largest absolute Gasteiger partial charge is 0.497 e. The van der Waals surface area contributed by atoms with Gasteiger partial charge in [-0.25, -0.2) is 9.36 Å². The molecule has 4 atom stereocenters. The monoisotopic (exact) mass is 740 g/mol. The molecule has 274 valence electrons. The van der Waals surface area contributed by atoms with Crippen LogP contribution in [-0.2, 0) is 24.1 Å². The minimum atomic E-state index is -5.35. The number of aromatic nitrogens is 2. The van der Waals surface area contributed by atoms with Crippen LogP contribution in [0.15, 0.2) is 101 Å². The van der Waals surface area contributed by atoms with E-state index in [0.717, 1.165) is 33.5 Å². The molecule has 0 amide bonds. The summed E-state index contributed by atoms with van der Waals surface area (Å²) >= 11 is 0. The highest BCUT2D eigenvalue weighted by atomic mass is 31.2. The van der Waals surface area contributed by atoms with E-state index >= 15 is 0 Å². The van der Waals surface area contributed by atoms with Crippen molar-refractivity contribution in [3.63, 3.8) is 0 Å². The zero-order valence-electron chi connectivity index (χ0n) is 29.6. The average Bonchev–Trinajstić information content (AvgIpc) is 3.38. The van der Waals surface area contributed by atoms with Crippen molar-refractivity contribution in [3.8, 4) is 11.5 Å². The van der Waals surface area contributed by atoms with Crippen molar-refractivity contribution in [2.24, 2.45) is 0 Å². The summed E-state index contributed by atoms with van der Waals surface area (Å²) < 4.78 is 43.8. The Morgan fingerprint density at radius 1 is 0.824 bits per heavy atom. The van der Waals surface area contributed by atoms with Gasteiger partial charge in [0.05, 0.1) is 20.8 Å². The molecule has 2 unspecified atom stereocenters. The van der Waals surface area contributed by atoms with E-state index in [2.05, 4.69) is 0 Å². The highest BCUT2D eigenvalue weighted by molar-refractivity contribution is 7.50. The van der Waals surface area contributed by atoms with Gasteiger partial charge in [0, 0.05) is 12.3 Å². The lowest BCUT2D eigenvalue weighted by Crippen LogP contribution is -2.50. The number of nitrogens with zero attached hydrogens (tertiary/aromatic N) is 2. The standard InChI is InChI=1S/C36H45N2O11PSi/c1-35(2,3)51(6,7)49-32-31(40)29(48-33(32)37-22-21-30(39)38(34(37)41)50(42,43)44)23-47-36(24-11-9-8-10-12-24,25-13-17-27(45-4)18-14-25)26-15-19-28(46-5)20-16-26/h8-22,29,31-33,40H,23H2,1-7H3,(H2,42,43,44)/t29-,31?,32?,33-/m0/s1. The van der Waals surface area contributed by atoms with Crippen molar-refractivity contribution in [2.45, 2.75) is 69.0 Å². The highest BCUT2D eigenvalue weighted by Gasteiger charge is 2.52. The molecule has 1 aromatic heterocycles. The maximum atomic E-state index is 13.5. The maximum absolute atomic E-state index is 13.5. The molecule has 1 aliphatic rings. The van der Waals surface area contributed by atoms with Gasteiger partial charge in [0.15, 0.2) is 14.5 Å². The lowest BCUT2D eigenvalue weighted by molar-refractivity contribution is -0.0957. The molecule has 1 fully saturated rings. The Bertz CT molecular complexity index is 1920. The molecule has 1 aliphatic heterocycles. The lowest BCUT2D eigenvalue weighted by atomic mass is 9.80. The van der Waals surface area contributed by atoms with Crippen molar-refractivity contribution in [1.29, 1.82) is 0 Å². The van der Waals surface area contributed by atoms with E-state index in [4.69, 9.17) is 23.4 Å². The van der Waals surface area contributed by atoms with Gasteiger partial charge < -0.3 is 38.3 Å². The molecule has 15 heteroatoms. The van der Waals surface area contributed by atoms with Crippen LogP contribution in [0.5, 0.6) is 11.5 Å². The van der Waals surface area contributed by atoms with Crippen molar-refractivity contribution < 1.29 is 42.8 Å². The Morgan fingerprint density at radius 2 is 1.33 bits per heavy atom. The topological polar surface area (TPSA) is 168 Å². The third-order valence-electron chi connectivity index (χ3n) is 9.71. The van der Waals surface area contributed by atoms with Gasteiger partial charge in [-0.1, -0.05) is 75.4 Å². The van der Waals surface area contributed by atoms with E-state index in [1.54, 1.807) is 14.2 Å². The van der Waals surface area contributed by atoms with Crippen molar-refractivity contribution >= 4 is 16.1 Å². The lowest BCUT2D eigenvalue weighted by Gasteiger charge is -2.40. The second-order valence-corrected chi connectivity index (χ2v) is 20.1. The van der Waals surface area contributed by atoms with Gasteiger partial charge in [0.1, 0.15) is 35.4 Å². The quantitative estimate of drug-likeness (QED) is 0.105. The minimum absolute atomic E-state index is 0.135. The first-order valence-corrected chi connectivity index (χ1v) is 20.8. The fourth-order valence-electron chi connectivity index (χ4n) is 5.92. The van der Waals surface area contributed by atoms with Crippen molar-refractivity contribution in [2.75, 3.05) is 20.8 Å². The van der Waals surface area contributed by atoms with Crippen LogP contribution in [0.2, 0.25) is 18.1 Å². The number of aliphatic hydroxyl groups excluding tert-OH is 1. The Morgan fingerprint density at radius 3 is 1.80 bits per heavy atom. The molecule has 1 saturated heterocycles. The molecular formula is C36H45N2O11PSi. The van der Waals surface area contributed by atoms with Crippen molar-refractivity contribution in [1.82, 2.24) is 8.90 Å². The van der Waals surface area contributed by atoms with Crippen LogP contribution in [0.4, 0.5) is 0 Å². The summed E-state index contributed by atoms with van der Waals surface area (Å²) in [4.78, 5) is 45.6. The molecule has 0 aliphatic carbocycles. The summed E-state index contributed by atoms with van der Waals surface area (Å²) in [6.45, 7) is 9.73. The molecular weight excluding hydrogens is 695 g/mol. The van der Waals surface area contributed by atoms with Gasteiger partial charge in [-0.2, -0.15) is 4.34 Å². The van der Waals surface area contributed by atoms with Gasteiger partial charge in [-0.05, 0) is 59.1 Å². The number of methoxy groups -OCH3 is 2. The van der Waals surface area contributed by atoms with Gasteiger partial charge in [-0.3, -0.25) is 9.36 Å². The molecule has 3 N–H and O–H groups in total. The third-order valence-corrected chi connectivity index (χ3v) is 15.1. The first kappa shape index (κ1) is 38.4. The second-order valence-electron chi connectivity index (χ2n) is 13.9. The van der Waals surface area contributed by atoms with Gasteiger partial charge >= 0.3 is 13.4 Å². The van der Waals surface area contributed by atoms with E-state index in [-0.39, 0.29) is 16.0 Å². The number of hydrogen-bond acceptors (Lipinski definition) is 9. The molecule has 4 aromatic rings. The molecule has 5 rings (SSSR count). The fraction of sp³-hybridized carbons (Fsp3) is 0.389. The maximum Gasteiger partial charge on any atom is 0.440 e. The molecule has 3 aromatic carbocycles. The van der Waals surface area contributed by atoms with Crippen LogP contribution in [0.1, 0.15) is 43.7 Å². The highest BCUT2D eigenvalue weighted by Crippen LogP contribution is 2.45. The number of benzene rings is 3. The van der Waals surface area contributed by atoms with E-state index in [1.807, 2.05) is 113 Å². The van der Waals surface area contributed by atoms with Crippen LogP contribution in [0.3, 0.4) is 0 Å². The Balaban J connectivity index is 1.63. The molecule has 0 bridgehead atoms. The number of aliphatic hydroxyl groups is 1. The van der Waals surface area contributed by atoms with Crippen LogP contribution in [0.25, 0.3) is 0 Å². The summed E-state index contributed by atoms with van der Waals surface area (Å²) in [5.41, 5.74) is -1.51. The molecule has 13 nitrogen and oxygen atoms in total. The van der Waals surface area contributed by atoms with E-state index in [9.17, 15) is 29.0 Å². The fourth-order valence-corrected chi connectivity index (χ4v) is 7.86. The third kappa shape index (κ3) is 7.55. The minimum Gasteiger partial charge on any atom is -0.497 e. The number of hydrogen-bond donors (Lipinski definition) is 3. The smallest absolute Gasteiger partial charge is 0.440 e. The van der Waals surface area contributed by atoms with Crippen molar-refractivity contribution in [3.05, 3.63) is 129 Å². The van der Waals surface area contributed by atoms with E-state index in [1.165, 1.54) is 0 Å². The molecule has 0 radical (unpaired) electrons. The first-order chi connectivity index (χ1) is 23.9. The van der Waals surface area contributed by atoms with Crippen LogP contribution in [-0.4, -0.2) is 71.3 Å².